The summed E-state index contributed by atoms with van der Waals surface area (Å²) in [5.74, 6) is 0.498. The Labute approximate surface area is 185 Å². The SMILES string of the molecule is Cc1ccc(CN=C(NCCS(=O)(=O)NCC2CCCCO2)Nc2ccccc2)cc1. The lowest BCUT2D eigenvalue weighted by Crippen LogP contribution is -2.40. The molecule has 8 heteroatoms. The lowest BCUT2D eigenvalue weighted by Gasteiger charge is -2.22. The lowest BCUT2D eigenvalue weighted by atomic mass is 10.1. The number of hydrogen-bond donors (Lipinski definition) is 3. The van der Waals surface area contributed by atoms with E-state index in [0.29, 0.717) is 25.7 Å². The van der Waals surface area contributed by atoms with Gasteiger partial charge in [0, 0.05) is 25.4 Å². The number of aliphatic imine (C=N–C) groups is 1. The molecule has 1 saturated heterocycles. The number of aryl methyl sites for hydroxylation is 1. The van der Waals surface area contributed by atoms with E-state index in [-0.39, 0.29) is 18.4 Å². The molecular weight excluding hydrogens is 412 g/mol. The van der Waals surface area contributed by atoms with E-state index >= 15 is 0 Å². The molecule has 31 heavy (non-hydrogen) atoms. The zero-order valence-corrected chi connectivity index (χ0v) is 18.8. The first-order valence-corrected chi connectivity index (χ1v) is 12.4. The Bertz CT molecular complexity index is 925. The first kappa shape index (κ1) is 23.2. The van der Waals surface area contributed by atoms with Gasteiger partial charge in [-0.3, -0.25) is 0 Å². The minimum Gasteiger partial charge on any atom is -0.377 e. The molecule has 3 N–H and O–H groups in total. The van der Waals surface area contributed by atoms with Gasteiger partial charge in [-0.25, -0.2) is 18.1 Å². The van der Waals surface area contributed by atoms with Crippen LogP contribution < -0.4 is 15.4 Å². The first-order valence-electron chi connectivity index (χ1n) is 10.7. The van der Waals surface area contributed by atoms with Crippen LogP contribution in [0.5, 0.6) is 0 Å². The van der Waals surface area contributed by atoms with Crippen LogP contribution in [0.4, 0.5) is 5.69 Å². The number of para-hydroxylation sites is 1. The molecule has 2 aromatic carbocycles. The highest BCUT2D eigenvalue weighted by Gasteiger charge is 2.17. The van der Waals surface area contributed by atoms with Gasteiger partial charge in [0.1, 0.15) is 0 Å². The van der Waals surface area contributed by atoms with Crippen LogP contribution in [0, 0.1) is 6.92 Å². The monoisotopic (exact) mass is 444 g/mol. The fourth-order valence-electron chi connectivity index (χ4n) is 3.23. The number of sulfonamides is 1. The van der Waals surface area contributed by atoms with Crippen LogP contribution in [-0.2, 0) is 21.3 Å². The minimum atomic E-state index is -3.40. The number of anilines is 1. The third-order valence-corrected chi connectivity index (χ3v) is 6.39. The Morgan fingerprint density at radius 1 is 1.10 bits per heavy atom. The Kier molecular flexibility index (Phi) is 8.87. The van der Waals surface area contributed by atoms with E-state index in [1.165, 1.54) is 5.56 Å². The molecule has 0 aliphatic carbocycles. The van der Waals surface area contributed by atoms with Crippen LogP contribution >= 0.6 is 0 Å². The number of nitrogens with zero attached hydrogens (tertiary/aromatic N) is 1. The summed E-state index contributed by atoms with van der Waals surface area (Å²) in [4.78, 5) is 4.62. The zero-order chi connectivity index (χ0) is 21.9. The molecule has 0 saturated carbocycles. The van der Waals surface area contributed by atoms with E-state index in [9.17, 15) is 8.42 Å². The van der Waals surface area contributed by atoms with Crippen molar-refractivity contribution in [3.05, 3.63) is 65.7 Å². The molecule has 1 atom stereocenters. The van der Waals surface area contributed by atoms with Gasteiger partial charge in [0.15, 0.2) is 5.96 Å². The van der Waals surface area contributed by atoms with E-state index in [4.69, 9.17) is 4.74 Å². The number of rotatable bonds is 9. The molecule has 168 valence electrons. The normalized spacial score (nSPS) is 17.3. The highest BCUT2D eigenvalue weighted by atomic mass is 32.2. The molecular formula is C23H32N4O3S. The van der Waals surface area contributed by atoms with Crippen LogP contribution in [0.1, 0.15) is 30.4 Å². The maximum absolute atomic E-state index is 12.4. The predicted octanol–water partition coefficient (Wildman–Crippen LogP) is 3.04. The van der Waals surface area contributed by atoms with Gasteiger partial charge in [-0.1, -0.05) is 48.0 Å². The predicted molar refractivity (Wildman–Crippen MR) is 126 cm³/mol. The summed E-state index contributed by atoms with van der Waals surface area (Å²) >= 11 is 0. The zero-order valence-electron chi connectivity index (χ0n) is 18.0. The molecule has 1 aliphatic heterocycles. The van der Waals surface area contributed by atoms with Crippen molar-refractivity contribution in [1.82, 2.24) is 10.0 Å². The number of nitrogens with one attached hydrogen (secondary N) is 3. The third kappa shape index (κ3) is 8.69. The van der Waals surface area contributed by atoms with Gasteiger partial charge in [0.05, 0.1) is 18.4 Å². The molecule has 1 unspecified atom stereocenters. The Hall–Kier alpha value is -2.42. The molecule has 3 rings (SSSR count). The van der Waals surface area contributed by atoms with E-state index in [1.54, 1.807) is 0 Å². The number of benzene rings is 2. The Morgan fingerprint density at radius 3 is 2.58 bits per heavy atom. The largest absolute Gasteiger partial charge is 0.377 e. The molecule has 0 aromatic heterocycles. The summed E-state index contributed by atoms with van der Waals surface area (Å²) in [5, 5.41) is 6.37. The van der Waals surface area contributed by atoms with Crippen molar-refractivity contribution < 1.29 is 13.2 Å². The van der Waals surface area contributed by atoms with E-state index in [2.05, 4.69) is 32.5 Å². The molecule has 1 fully saturated rings. The molecule has 0 bridgehead atoms. The molecule has 1 aliphatic rings. The topological polar surface area (TPSA) is 91.8 Å². The molecule has 2 aromatic rings. The molecule has 0 radical (unpaired) electrons. The maximum atomic E-state index is 12.4. The fraction of sp³-hybridized carbons (Fsp3) is 0.435. The van der Waals surface area contributed by atoms with Gasteiger partial charge >= 0.3 is 0 Å². The fourth-order valence-corrected chi connectivity index (χ4v) is 4.18. The van der Waals surface area contributed by atoms with E-state index < -0.39 is 10.0 Å². The van der Waals surface area contributed by atoms with Crippen molar-refractivity contribution in [3.8, 4) is 0 Å². The summed E-state index contributed by atoms with van der Waals surface area (Å²) < 4.78 is 33.0. The number of ether oxygens (including phenoxy) is 1. The van der Waals surface area contributed by atoms with E-state index in [1.807, 2.05) is 49.4 Å². The summed E-state index contributed by atoms with van der Waals surface area (Å²) in [6.07, 6.45) is 3.01. The van der Waals surface area contributed by atoms with Crippen LogP contribution in [0.3, 0.4) is 0 Å². The standard InChI is InChI=1S/C23H32N4O3S/c1-19-10-12-20(13-11-19)17-25-23(27-21-7-3-2-4-8-21)24-14-16-31(28,29)26-18-22-9-5-6-15-30-22/h2-4,7-8,10-13,22,26H,5-6,9,14-18H2,1H3,(H2,24,25,27). The summed E-state index contributed by atoms with van der Waals surface area (Å²) in [6, 6.07) is 17.9. The second-order valence-corrected chi connectivity index (χ2v) is 9.65. The van der Waals surface area contributed by atoms with Gasteiger partial charge in [-0.05, 0) is 43.9 Å². The van der Waals surface area contributed by atoms with Crippen LogP contribution in [0.15, 0.2) is 59.6 Å². The van der Waals surface area contributed by atoms with Gasteiger partial charge in [-0.2, -0.15) is 0 Å². The lowest BCUT2D eigenvalue weighted by molar-refractivity contribution is 0.0200. The molecule has 0 spiro atoms. The minimum absolute atomic E-state index is 0.0251. The number of hydrogen-bond acceptors (Lipinski definition) is 4. The van der Waals surface area contributed by atoms with Crippen molar-refractivity contribution >= 4 is 21.7 Å². The average molecular weight is 445 g/mol. The summed E-state index contributed by atoms with van der Waals surface area (Å²) in [6.45, 7) is 3.82. The highest BCUT2D eigenvalue weighted by molar-refractivity contribution is 7.89. The third-order valence-electron chi connectivity index (χ3n) is 5.05. The molecule has 7 nitrogen and oxygen atoms in total. The van der Waals surface area contributed by atoms with E-state index in [0.717, 1.165) is 30.5 Å². The van der Waals surface area contributed by atoms with Crippen LogP contribution in [-0.4, -0.2) is 45.9 Å². The first-order chi connectivity index (χ1) is 15.0. The Morgan fingerprint density at radius 2 is 1.87 bits per heavy atom. The van der Waals surface area contributed by atoms with Crippen molar-refractivity contribution in [1.29, 1.82) is 0 Å². The maximum Gasteiger partial charge on any atom is 0.213 e. The highest BCUT2D eigenvalue weighted by Crippen LogP contribution is 2.12. The number of guanidine groups is 1. The van der Waals surface area contributed by atoms with Gasteiger partial charge < -0.3 is 15.4 Å². The average Bonchev–Trinajstić information content (AvgIpc) is 2.78. The quantitative estimate of drug-likeness (QED) is 0.408. The van der Waals surface area contributed by atoms with Crippen molar-refractivity contribution in [2.24, 2.45) is 4.99 Å². The van der Waals surface area contributed by atoms with Crippen LogP contribution in [0.2, 0.25) is 0 Å². The Balaban J connectivity index is 1.54. The van der Waals surface area contributed by atoms with Crippen molar-refractivity contribution in [3.63, 3.8) is 0 Å². The van der Waals surface area contributed by atoms with Gasteiger partial charge in [-0.15, -0.1) is 0 Å². The summed E-state index contributed by atoms with van der Waals surface area (Å²) in [7, 11) is -3.40. The van der Waals surface area contributed by atoms with Gasteiger partial charge in [0.25, 0.3) is 0 Å². The van der Waals surface area contributed by atoms with Gasteiger partial charge in [0.2, 0.25) is 10.0 Å². The molecule has 1 heterocycles. The second-order valence-electron chi connectivity index (χ2n) is 7.72. The second kappa shape index (κ2) is 11.8. The van der Waals surface area contributed by atoms with Crippen molar-refractivity contribution in [2.75, 3.05) is 30.8 Å². The van der Waals surface area contributed by atoms with Crippen molar-refractivity contribution in [2.45, 2.75) is 38.8 Å². The van der Waals surface area contributed by atoms with Crippen LogP contribution in [0.25, 0.3) is 0 Å². The molecule has 0 amide bonds. The summed E-state index contributed by atoms with van der Waals surface area (Å²) in [5.41, 5.74) is 3.17. The smallest absolute Gasteiger partial charge is 0.213 e.